The number of fused-ring (bicyclic) bond motifs is 1. The fraction of sp³-hybridized carbons (Fsp3) is 0.316. The first kappa shape index (κ1) is 16.3. The number of aliphatic hydroxyl groups is 1. The van der Waals surface area contributed by atoms with Crippen molar-refractivity contribution >= 4 is 11.6 Å². The SMILES string of the molecule is Cc1cccc(CC2Oc3ccc(O)cc3N(CCO)C2=O)c1C. The molecule has 0 aromatic heterocycles. The second-order valence-electron chi connectivity index (χ2n) is 6.04. The number of hydrogen-bond acceptors (Lipinski definition) is 4. The van der Waals surface area contributed by atoms with Gasteiger partial charge in [-0.3, -0.25) is 4.79 Å². The van der Waals surface area contributed by atoms with E-state index in [0.29, 0.717) is 17.9 Å². The standard InChI is InChI=1S/C19H21NO4/c1-12-4-3-5-14(13(12)2)10-18-19(23)20(8-9-21)16-11-15(22)6-7-17(16)24-18/h3-7,11,18,21-22H,8-10H2,1-2H3. The predicted molar refractivity (Wildman–Crippen MR) is 91.6 cm³/mol. The van der Waals surface area contributed by atoms with E-state index < -0.39 is 6.10 Å². The molecule has 1 atom stereocenters. The molecule has 0 saturated heterocycles. The molecule has 2 aromatic carbocycles. The van der Waals surface area contributed by atoms with Crippen LogP contribution < -0.4 is 9.64 Å². The molecule has 0 aliphatic carbocycles. The molecule has 0 bridgehead atoms. The van der Waals surface area contributed by atoms with Crippen molar-refractivity contribution in [2.45, 2.75) is 26.4 Å². The van der Waals surface area contributed by atoms with Gasteiger partial charge < -0.3 is 19.8 Å². The van der Waals surface area contributed by atoms with Crippen LogP contribution in [0.3, 0.4) is 0 Å². The fourth-order valence-corrected chi connectivity index (χ4v) is 3.00. The molecule has 1 heterocycles. The zero-order chi connectivity index (χ0) is 17.3. The van der Waals surface area contributed by atoms with Crippen LogP contribution in [-0.2, 0) is 11.2 Å². The lowest BCUT2D eigenvalue weighted by molar-refractivity contribution is -0.126. The Morgan fingerprint density at radius 3 is 2.75 bits per heavy atom. The predicted octanol–water partition coefficient (Wildman–Crippen LogP) is 2.34. The van der Waals surface area contributed by atoms with Gasteiger partial charge in [-0.2, -0.15) is 0 Å². The van der Waals surface area contributed by atoms with Crippen LogP contribution in [0.25, 0.3) is 0 Å². The zero-order valence-electron chi connectivity index (χ0n) is 13.8. The van der Waals surface area contributed by atoms with Crippen molar-refractivity contribution < 1.29 is 19.7 Å². The number of anilines is 1. The monoisotopic (exact) mass is 327 g/mol. The van der Waals surface area contributed by atoms with E-state index in [9.17, 15) is 15.0 Å². The summed E-state index contributed by atoms with van der Waals surface area (Å²) in [6.45, 7) is 4.09. The topological polar surface area (TPSA) is 70.0 Å². The Morgan fingerprint density at radius 1 is 1.21 bits per heavy atom. The van der Waals surface area contributed by atoms with Crippen LogP contribution in [0.5, 0.6) is 11.5 Å². The van der Waals surface area contributed by atoms with E-state index in [-0.39, 0.29) is 24.8 Å². The van der Waals surface area contributed by atoms with Gasteiger partial charge in [-0.05, 0) is 42.7 Å². The highest BCUT2D eigenvalue weighted by Crippen LogP contribution is 2.37. The quantitative estimate of drug-likeness (QED) is 0.904. The lowest BCUT2D eigenvalue weighted by Crippen LogP contribution is -2.48. The number of aliphatic hydroxyl groups excluding tert-OH is 1. The number of benzene rings is 2. The number of nitrogens with zero attached hydrogens (tertiary/aromatic N) is 1. The Balaban J connectivity index is 1.94. The van der Waals surface area contributed by atoms with E-state index in [0.717, 1.165) is 11.1 Å². The number of phenolic OH excluding ortho intramolecular Hbond substituents is 1. The molecule has 1 unspecified atom stereocenters. The molecule has 1 aliphatic heterocycles. The molecule has 1 aliphatic rings. The van der Waals surface area contributed by atoms with Gasteiger partial charge in [0.1, 0.15) is 11.5 Å². The summed E-state index contributed by atoms with van der Waals surface area (Å²) in [4.78, 5) is 14.3. The first-order valence-corrected chi connectivity index (χ1v) is 7.98. The number of amides is 1. The highest BCUT2D eigenvalue weighted by atomic mass is 16.5. The summed E-state index contributed by atoms with van der Waals surface area (Å²) in [5.74, 6) is 0.389. The molecule has 0 fully saturated rings. The number of ether oxygens (including phenoxy) is 1. The third kappa shape index (κ3) is 2.95. The summed E-state index contributed by atoms with van der Waals surface area (Å²) in [6.07, 6.45) is -0.178. The summed E-state index contributed by atoms with van der Waals surface area (Å²) >= 11 is 0. The molecule has 3 rings (SSSR count). The van der Waals surface area contributed by atoms with Gasteiger partial charge in [-0.15, -0.1) is 0 Å². The van der Waals surface area contributed by atoms with Gasteiger partial charge >= 0.3 is 0 Å². The van der Waals surface area contributed by atoms with Gasteiger partial charge in [-0.25, -0.2) is 0 Å². The van der Waals surface area contributed by atoms with Crippen molar-refractivity contribution in [3.63, 3.8) is 0 Å². The van der Waals surface area contributed by atoms with Crippen LogP contribution in [0.15, 0.2) is 36.4 Å². The second-order valence-corrected chi connectivity index (χ2v) is 6.04. The molecule has 5 nitrogen and oxygen atoms in total. The number of carbonyl (C=O) groups excluding carboxylic acids is 1. The minimum Gasteiger partial charge on any atom is -0.508 e. The Kier molecular flexibility index (Phi) is 4.44. The molecule has 0 radical (unpaired) electrons. The third-order valence-corrected chi connectivity index (χ3v) is 4.49. The van der Waals surface area contributed by atoms with E-state index in [1.165, 1.54) is 22.6 Å². The summed E-state index contributed by atoms with van der Waals surface area (Å²) in [7, 11) is 0. The number of hydrogen-bond donors (Lipinski definition) is 2. The van der Waals surface area contributed by atoms with Crippen LogP contribution in [0.1, 0.15) is 16.7 Å². The van der Waals surface area contributed by atoms with Crippen molar-refractivity contribution in [3.8, 4) is 11.5 Å². The van der Waals surface area contributed by atoms with E-state index in [4.69, 9.17) is 4.74 Å². The van der Waals surface area contributed by atoms with Gasteiger partial charge in [0.25, 0.3) is 5.91 Å². The molecule has 2 N–H and O–H groups in total. The lowest BCUT2D eigenvalue weighted by Gasteiger charge is -2.34. The number of β-amino-alcohol motifs (C(OH)–C–C–N with tert-alkyl or cyclic N) is 1. The average molecular weight is 327 g/mol. The van der Waals surface area contributed by atoms with E-state index in [1.807, 2.05) is 32.0 Å². The van der Waals surface area contributed by atoms with Crippen molar-refractivity contribution in [3.05, 3.63) is 53.1 Å². The Bertz CT molecular complexity index is 772. The van der Waals surface area contributed by atoms with Crippen LogP contribution in [0, 0.1) is 13.8 Å². The van der Waals surface area contributed by atoms with Crippen molar-refractivity contribution in [1.29, 1.82) is 0 Å². The molecule has 5 heteroatoms. The summed E-state index contributed by atoms with van der Waals surface area (Å²) in [5.41, 5.74) is 3.89. The van der Waals surface area contributed by atoms with E-state index in [2.05, 4.69) is 0 Å². The summed E-state index contributed by atoms with van der Waals surface area (Å²) in [5, 5.41) is 19.0. The molecule has 126 valence electrons. The maximum Gasteiger partial charge on any atom is 0.268 e. The Morgan fingerprint density at radius 2 is 2.00 bits per heavy atom. The van der Waals surface area contributed by atoms with Crippen molar-refractivity contribution in [2.24, 2.45) is 0 Å². The molecule has 24 heavy (non-hydrogen) atoms. The maximum absolute atomic E-state index is 12.8. The second kappa shape index (κ2) is 6.53. The Labute approximate surface area is 141 Å². The third-order valence-electron chi connectivity index (χ3n) is 4.49. The molecule has 2 aromatic rings. The molecular weight excluding hydrogens is 306 g/mol. The first-order valence-electron chi connectivity index (χ1n) is 7.98. The first-order chi connectivity index (χ1) is 11.5. The van der Waals surface area contributed by atoms with Crippen LogP contribution in [-0.4, -0.2) is 35.4 Å². The summed E-state index contributed by atoms with van der Waals surface area (Å²) in [6, 6.07) is 10.7. The van der Waals surface area contributed by atoms with Gasteiger partial charge in [0.05, 0.1) is 12.3 Å². The maximum atomic E-state index is 12.8. The summed E-state index contributed by atoms with van der Waals surface area (Å²) < 4.78 is 5.89. The van der Waals surface area contributed by atoms with E-state index in [1.54, 1.807) is 6.07 Å². The lowest BCUT2D eigenvalue weighted by atomic mass is 9.97. The molecular formula is C19H21NO4. The Hall–Kier alpha value is -2.53. The molecule has 0 saturated carbocycles. The van der Waals surface area contributed by atoms with Crippen LogP contribution in [0.4, 0.5) is 5.69 Å². The smallest absolute Gasteiger partial charge is 0.268 e. The van der Waals surface area contributed by atoms with Gasteiger partial charge in [0, 0.05) is 19.0 Å². The van der Waals surface area contributed by atoms with Gasteiger partial charge in [0.15, 0.2) is 6.10 Å². The molecule has 1 amide bonds. The average Bonchev–Trinajstić information content (AvgIpc) is 2.56. The number of phenols is 1. The number of aryl methyl sites for hydroxylation is 1. The van der Waals surface area contributed by atoms with Gasteiger partial charge in [-0.1, -0.05) is 18.2 Å². The van der Waals surface area contributed by atoms with Crippen molar-refractivity contribution in [2.75, 3.05) is 18.1 Å². The number of aromatic hydroxyl groups is 1. The fourth-order valence-electron chi connectivity index (χ4n) is 3.00. The molecule has 0 spiro atoms. The van der Waals surface area contributed by atoms with Crippen molar-refractivity contribution in [1.82, 2.24) is 0 Å². The number of rotatable bonds is 4. The zero-order valence-corrected chi connectivity index (χ0v) is 13.8. The van der Waals surface area contributed by atoms with Crippen LogP contribution in [0.2, 0.25) is 0 Å². The largest absolute Gasteiger partial charge is 0.508 e. The minimum atomic E-state index is -0.644. The van der Waals surface area contributed by atoms with E-state index >= 15 is 0 Å². The van der Waals surface area contributed by atoms with Crippen LogP contribution >= 0.6 is 0 Å². The highest BCUT2D eigenvalue weighted by molar-refractivity contribution is 6.00. The highest BCUT2D eigenvalue weighted by Gasteiger charge is 2.34. The van der Waals surface area contributed by atoms with Gasteiger partial charge in [0.2, 0.25) is 0 Å². The normalized spacial score (nSPS) is 16.7. The minimum absolute atomic E-state index is 0.0565. The number of carbonyl (C=O) groups is 1.